The molecule has 0 bridgehead atoms. The molecule has 0 spiro atoms. The zero-order chi connectivity index (χ0) is 21.9. The number of amides is 2. The number of hydrogen-bond acceptors (Lipinski definition) is 5. The highest BCUT2D eigenvalue weighted by Crippen LogP contribution is 2.06. The van der Waals surface area contributed by atoms with Gasteiger partial charge in [0.2, 0.25) is 0 Å². The molecule has 2 amide bonds. The molecule has 3 aromatic rings. The van der Waals surface area contributed by atoms with E-state index in [1.54, 1.807) is 54.6 Å². The van der Waals surface area contributed by atoms with Crippen LogP contribution in [0.25, 0.3) is 0 Å². The largest absolute Gasteiger partial charge is 0.443 e. The van der Waals surface area contributed by atoms with Crippen LogP contribution in [-0.2, 0) is 22.7 Å². The molecular formula is C24H22N2O5. The minimum atomic E-state index is -0.874. The van der Waals surface area contributed by atoms with Gasteiger partial charge in [-0.05, 0) is 11.1 Å². The van der Waals surface area contributed by atoms with Crippen LogP contribution in [0, 0.1) is 0 Å². The molecule has 1 N–H and O–H groups in total. The second kappa shape index (κ2) is 11.2. The zero-order valence-corrected chi connectivity index (χ0v) is 16.8. The highest BCUT2D eigenvalue weighted by molar-refractivity contribution is 5.99. The number of ether oxygens (including phenoxy) is 2. The summed E-state index contributed by atoms with van der Waals surface area (Å²) in [5.41, 5.74) is 4.27. The van der Waals surface area contributed by atoms with Crippen LogP contribution in [0.5, 0.6) is 0 Å². The monoisotopic (exact) mass is 418 g/mol. The van der Waals surface area contributed by atoms with E-state index < -0.39 is 18.7 Å². The average molecular weight is 418 g/mol. The Morgan fingerprint density at radius 1 is 0.677 bits per heavy atom. The van der Waals surface area contributed by atoms with Gasteiger partial charge in [0, 0.05) is 5.56 Å². The number of nitrogens with zero attached hydrogens (tertiary/aromatic N) is 1. The quantitative estimate of drug-likeness (QED) is 0.455. The van der Waals surface area contributed by atoms with Gasteiger partial charge in [0.05, 0.1) is 0 Å². The molecule has 0 saturated carbocycles. The van der Waals surface area contributed by atoms with Crippen molar-refractivity contribution >= 4 is 18.0 Å². The van der Waals surface area contributed by atoms with Crippen LogP contribution in [0.15, 0.2) is 91.0 Å². The molecule has 31 heavy (non-hydrogen) atoms. The van der Waals surface area contributed by atoms with Crippen molar-refractivity contribution in [2.45, 2.75) is 13.2 Å². The van der Waals surface area contributed by atoms with E-state index >= 15 is 0 Å². The van der Waals surface area contributed by atoms with Crippen molar-refractivity contribution in [3.63, 3.8) is 0 Å². The Morgan fingerprint density at radius 2 is 1.16 bits per heavy atom. The zero-order valence-electron chi connectivity index (χ0n) is 16.8. The summed E-state index contributed by atoms with van der Waals surface area (Å²) in [6, 6.07) is 26.7. The van der Waals surface area contributed by atoms with Gasteiger partial charge < -0.3 is 9.47 Å². The Labute approximate surface area is 180 Å². The highest BCUT2D eigenvalue weighted by Gasteiger charge is 2.22. The third-order valence-corrected chi connectivity index (χ3v) is 4.26. The van der Waals surface area contributed by atoms with Gasteiger partial charge in [0.1, 0.15) is 19.8 Å². The van der Waals surface area contributed by atoms with E-state index in [9.17, 15) is 14.4 Å². The average Bonchev–Trinajstić information content (AvgIpc) is 2.82. The van der Waals surface area contributed by atoms with E-state index in [-0.39, 0.29) is 19.0 Å². The number of nitrogens with one attached hydrogen (secondary N) is 1. The fourth-order valence-corrected chi connectivity index (χ4v) is 2.67. The maximum Gasteiger partial charge on any atom is 0.429 e. The maximum absolute atomic E-state index is 12.6. The molecule has 3 aromatic carbocycles. The number of carbonyl (C=O) groups excluding carboxylic acids is 3. The molecule has 0 atom stereocenters. The van der Waals surface area contributed by atoms with Gasteiger partial charge in [-0.1, -0.05) is 91.0 Å². The van der Waals surface area contributed by atoms with Crippen LogP contribution in [0.1, 0.15) is 21.5 Å². The number of benzene rings is 3. The molecule has 0 radical (unpaired) electrons. The Kier molecular flexibility index (Phi) is 7.77. The highest BCUT2D eigenvalue weighted by atomic mass is 16.6. The lowest BCUT2D eigenvalue weighted by Crippen LogP contribution is -2.49. The van der Waals surface area contributed by atoms with Gasteiger partial charge in [-0.15, -0.1) is 0 Å². The van der Waals surface area contributed by atoms with Gasteiger partial charge >= 0.3 is 12.2 Å². The molecule has 0 aliphatic carbocycles. The summed E-state index contributed by atoms with van der Waals surface area (Å²) < 4.78 is 10.4. The standard InChI is InChI=1S/C24H22N2O5/c27-22(21-14-8-3-9-15-21)16-26(24(29)31-18-20-12-6-2-7-13-20)25-23(28)30-17-19-10-4-1-5-11-19/h1-15H,16-18H2,(H,25,28). The van der Waals surface area contributed by atoms with E-state index in [1.807, 2.05) is 36.4 Å². The minimum Gasteiger partial charge on any atom is -0.443 e. The summed E-state index contributed by atoms with van der Waals surface area (Å²) in [5.74, 6) is -0.361. The van der Waals surface area contributed by atoms with Crippen molar-refractivity contribution in [2.75, 3.05) is 6.54 Å². The van der Waals surface area contributed by atoms with Crippen molar-refractivity contribution in [3.8, 4) is 0 Å². The number of hydrogen-bond donors (Lipinski definition) is 1. The third-order valence-electron chi connectivity index (χ3n) is 4.26. The molecule has 0 heterocycles. The molecule has 3 rings (SSSR count). The van der Waals surface area contributed by atoms with Crippen molar-refractivity contribution in [1.29, 1.82) is 0 Å². The van der Waals surface area contributed by atoms with Crippen LogP contribution in [-0.4, -0.2) is 29.5 Å². The van der Waals surface area contributed by atoms with Crippen molar-refractivity contribution in [1.82, 2.24) is 10.4 Å². The van der Waals surface area contributed by atoms with E-state index in [0.29, 0.717) is 5.56 Å². The lowest BCUT2D eigenvalue weighted by atomic mass is 10.1. The predicted molar refractivity (Wildman–Crippen MR) is 114 cm³/mol. The van der Waals surface area contributed by atoms with Gasteiger partial charge in [0.15, 0.2) is 5.78 Å². The molecule has 0 aromatic heterocycles. The Balaban J connectivity index is 1.63. The summed E-state index contributed by atoms with van der Waals surface area (Å²) in [5, 5.41) is 0.811. The Bertz CT molecular complexity index is 994. The van der Waals surface area contributed by atoms with Crippen LogP contribution < -0.4 is 5.43 Å². The normalized spacial score (nSPS) is 10.1. The van der Waals surface area contributed by atoms with Crippen LogP contribution >= 0.6 is 0 Å². The molecule has 0 fully saturated rings. The summed E-state index contributed by atoms with van der Waals surface area (Å²) in [6.07, 6.45) is -1.74. The smallest absolute Gasteiger partial charge is 0.429 e. The number of carbonyl (C=O) groups is 3. The number of hydrazine groups is 1. The first-order valence-corrected chi connectivity index (χ1v) is 9.65. The van der Waals surface area contributed by atoms with Gasteiger partial charge in [-0.2, -0.15) is 0 Å². The second-order valence-electron chi connectivity index (χ2n) is 6.59. The van der Waals surface area contributed by atoms with Crippen LogP contribution in [0.4, 0.5) is 9.59 Å². The lowest BCUT2D eigenvalue weighted by molar-refractivity contribution is 0.0595. The minimum absolute atomic E-state index is 0.00353. The molecule has 7 heteroatoms. The van der Waals surface area contributed by atoms with Crippen molar-refractivity contribution < 1.29 is 23.9 Å². The lowest BCUT2D eigenvalue weighted by Gasteiger charge is -2.22. The van der Waals surface area contributed by atoms with E-state index in [0.717, 1.165) is 16.1 Å². The predicted octanol–water partition coefficient (Wildman–Crippen LogP) is 4.35. The van der Waals surface area contributed by atoms with Gasteiger partial charge in [-0.25, -0.2) is 20.0 Å². The van der Waals surface area contributed by atoms with Crippen molar-refractivity contribution in [3.05, 3.63) is 108 Å². The second-order valence-corrected chi connectivity index (χ2v) is 6.59. The number of ketones is 1. The van der Waals surface area contributed by atoms with E-state index in [1.165, 1.54) is 0 Å². The molecule has 7 nitrogen and oxygen atoms in total. The fraction of sp³-hybridized carbons (Fsp3) is 0.125. The summed E-state index contributed by atoms with van der Waals surface area (Å²) in [6.45, 7) is -0.388. The number of rotatable bonds is 7. The first-order chi connectivity index (χ1) is 15.1. The molecule has 0 unspecified atom stereocenters. The topological polar surface area (TPSA) is 84.9 Å². The van der Waals surface area contributed by atoms with Crippen LogP contribution in [0.3, 0.4) is 0 Å². The van der Waals surface area contributed by atoms with E-state index in [4.69, 9.17) is 9.47 Å². The van der Waals surface area contributed by atoms with Gasteiger partial charge in [0.25, 0.3) is 0 Å². The summed E-state index contributed by atoms with van der Waals surface area (Å²) in [7, 11) is 0. The molecule has 0 saturated heterocycles. The molecular weight excluding hydrogens is 396 g/mol. The van der Waals surface area contributed by atoms with Gasteiger partial charge in [-0.3, -0.25) is 4.79 Å². The van der Waals surface area contributed by atoms with Crippen molar-refractivity contribution in [2.24, 2.45) is 0 Å². The Hall–Kier alpha value is -4.13. The third kappa shape index (κ3) is 7.01. The SMILES string of the molecule is O=C(NN(CC(=O)c1ccccc1)C(=O)OCc1ccccc1)OCc1ccccc1. The molecule has 0 aliphatic heterocycles. The first kappa shape index (κ1) is 21.6. The number of Topliss-reactive ketones (excluding diaryl/α,β-unsaturated/α-hetero) is 1. The van der Waals surface area contributed by atoms with Crippen LogP contribution in [0.2, 0.25) is 0 Å². The summed E-state index contributed by atoms with van der Waals surface area (Å²) in [4.78, 5) is 37.4. The maximum atomic E-state index is 12.6. The first-order valence-electron chi connectivity index (χ1n) is 9.65. The fourth-order valence-electron chi connectivity index (χ4n) is 2.67. The Morgan fingerprint density at radius 3 is 1.71 bits per heavy atom. The molecule has 158 valence electrons. The van der Waals surface area contributed by atoms with E-state index in [2.05, 4.69) is 5.43 Å². The molecule has 0 aliphatic rings. The summed E-state index contributed by atoms with van der Waals surface area (Å²) >= 11 is 0.